The smallest absolute Gasteiger partial charge is 0.0756 e. The van der Waals surface area contributed by atoms with Gasteiger partial charge in [0.1, 0.15) is 0 Å². The van der Waals surface area contributed by atoms with Crippen molar-refractivity contribution in [2.75, 3.05) is 13.6 Å². The summed E-state index contributed by atoms with van der Waals surface area (Å²) in [6.07, 6.45) is 7.28. The summed E-state index contributed by atoms with van der Waals surface area (Å²) in [4.78, 5) is 2.60. The molecule has 3 heterocycles. The molecule has 1 N–H and O–H groups in total. The molecule has 0 aromatic carbocycles. The second-order valence-electron chi connectivity index (χ2n) is 6.10. The van der Waals surface area contributed by atoms with Gasteiger partial charge >= 0.3 is 0 Å². The zero-order chi connectivity index (χ0) is 13.4. The normalized spacial score (nSPS) is 32.7. The molecular formula is C14H25N5. The number of aromatic nitrogens is 3. The van der Waals surface area contributed by atoms with Crippen molar-refractivity contribution < 1.29 is 0 Å². The lowest BCUT2D eigenvalue weighted by atomic mass is 9.84. The predicted octanol–water partition coefficient (Wildman–Crippen LogP) is 1.34. The highest BCUT2D eigenvalue weighted by atomic mass is 15.4. The van der Waals surface area contributed by atoms with Gasteiger partial charge in [-0.1, -0.05) is 12.1 Å². The maximum absolute atomic E-state index is 4.10. The molecule has 0 aliphatic carbocycles. The average molecular weight is 263 g/mol. The number of fused-ring (bicyclic) bond motifs is 2. The van der Waals surface area contributed by atoms with Crippen molar-refractivity contribution >= 4 is 0 Å². The molecule has 3 rings (SSSR count). The van der Waals surface area contributed by atoms with E-state index in [-0.39, 0.29) is 0 Å². The van der Waals surface area contributed by atoms with E-state index in [0.29, 0.717) is 12.0 Å². The second kappa shape index (κ2) is 5.21. The molecule has 2 aliphatic heterocycles. The Balaban J connectivity index is 1.80. The monoisotopic (exact) mass is 263 g/mol. The van der Waals surface area contributed by atoms with Crippen LogP contribution in [-0.2, 0) is 7.05 Å². The maximum Gasteiger partial charge on any atom is 0.0756 e. The fourth-order valence-electron chi connectivity index (χ4n) is 4.04. The standard InChI is InChI=1S/C14H25N5/c1-4-15-14(13-9-16-17-19(13)3)10-7-11-5-6-12(8-10)18(11)2/h9-12,14-15H,4-8H2,1-3H3. The van der Waals surface area contributed by atoms with Gasteiger partial charge in [0.15, 0.2) is 0 Å². The molecule has 2 bridgehead atoms. The summed E-state index contributed by atoms with van der Waals surface area (Å²) in [6, 6.07) is 1.97. The molecular weight excluding hydrogens is 238 g/mol. The summed E-state index contributed by atoms with van der Waals surface area (Å²) in [5.41, 5.74) is 1.23. The van der Waals surface area contributed by atoms with Crippen LogP contribution >= 0.6 is 0 Å². The van der Waals surface area contributed by atoms with E-state index in [0.717, 1.165) is 18.6 Å². The molecule has 5 nitrogen and oxygen atoms in total. The summed E-state index contributed by atoms with van der Waals surface area (Å²) in [5.74, 6) is 0.714. The van der Waals surface area contributed by atoms with Gasteiger partial charge < -0.3 is 10.2 Å². The van der Waals surface area contributed by atoms with Crippen LogP contribution in [0.5, 0.6) is 0 Å². The zero-order valence-corrected chi connectivity index (χ0v) is 12.2. The first kappa shape index (κ1) is 13.1. The Morgan fingerprint density at radius 1 is 1.32 bits per heavy atom. The molecule has 19 heavy (non-hydrogen) atoms. The fourth-order valence-corrected chi connectivity index (χ4v) is 4.04. The zero-order valence-electron chi connectivity index (χ0n) is 12.2. The van der Waals surface area contributed by atoms with E-state index >= 15 is 0 Å². The summed E-state index contributed by atoms with van der Waals surface area (Å²) in [7, 11) is 4.29. The van der Waals surface area contributed by atoms with Crippen molar-refractivity contribution in [1.82, 2.24) is 25.2 Å². The summed E-state index contributed by atoms with van der Waals surface area (Å²) in [5, 5.41) is 11.8. The van der Waals surface area contributed by atoms with Crippen LogP contribution in [0.3, 0.4) is 0 Å². The Hall–Kier alpha value is -0.940. The summed E-state index contributed by atoms with van der Waals surface area (Å²) in [6.45, 7) is 3.18. The van der Waals surface area contributed by atoms with E-state index in [9.17, 15) is 0 Å². The van der Waals surface area contributed by atoms with Gasteiger partial charge in [-0.25, -0.2) is 0 Å². The minimum atomic E-state index is 0.404. The highest BCUT2D eigenvalue weighted by Crippen LogP contribution is 2.42. The molecule has 2 aliphatic rings. The summed E-state index contributed by atoms with van der Waals surface area (Å²) < 4.78 is 1.92. The third kappa shape index (κ3) is 2.30. The van der Waals surface area contributed by atoms with E-state index in [1.807, 2.05) is 17.9 Å². The van der Waals surface area contributed by atoms with Crippen LogP contribution in [0.2, 0.25) is 0 Å². The van der Waals surface area contributed by atoms with Crippen LogP contribution in [0, 0.1) is 5.92 Å². The minimum Gasteiger partial charge on any atom is -0.309 e. The maximum atomic E-state index is 4.10. The largest absolute Gasteiger partial charge is 0.309 e. The number of nitrogens with one attached hydrogen (secondary N) is 1. The molecule has 3 atom stereocenters. The van der Waals surface area contributed by atoms with Crippen molar-refractivity contribution in [3.8, 4) is 0 Å². The van der Waals surface area contributed by atoms with Crippen LogP contribution < -0.4 is 5.32 Å². The number of piperidine rings is 1. The van der Waals surface area contributed by atoms with Gasteiger partial charge in [-0.15, -0.1) is 5.10 Å². The average Bonchev–Trinajstić information content (AvgIpc) is 2.87. The topological polar surface area (TPSA) is 46.0 Å². The molecule has 2 saturated heterocycles. The molecule has 2 fully saturated rings. The van der Waals surface area contributed by atoms with E-state index < -0.39 is 0 Å². The van der Waals surface area contributed by atoms with E-state index in [4.69, 9.17) is 0 Å². The molecule has 3 unspecified atom stereocenters. The van der Waals surface area contributed by atoms with E-state index in [2.05, 4.69) is 34.5 Å². The highest BCUT2D eigenvalue weighted by molar-refractivity contribution is 5.07. The van der Waals surface area contributed by atoms with Crippen LogP contribution in [0.4, 0.5) is 0 Å². The molecule has 0 saturated carbocycles. The van der Waals surface area contributed by atoms with Crippen molar-refractivity contribution in [3.05, 3.63) is 11.9 Å². The fraction of sp³-hybridized carbons (Fsp3) is 0.857. The second-order valence-corrected chi connectivity index (χ2v) is 6.10. The lowest BCUT2D eigenvalue weighted by molar-refractivity contribution is 0.111. The van der Waals surface area contributed by atoms with Crippen LogP contribution in [-0.4, -0.2) is 45.6 Å². The van der Waals surface area contributed by atoms with E-state index in [1.165, 1.54) is 31.4 Å². The Bertz CT molecular complexity index is 415. The lowest BCUT2D eigenvalue weighted by Gasteiger charge is -2.40. The Morgan fingerprint density at radius 2 is 2.00 bits per heavy atom. The number of nitrogens with zero attached hydrogens (tertiary/aromatic N) is 4. The molecule has 1 aromatic heterocycles. The van der Waals surface area contributed by atoms with Gasteiger partial charge in [0, 0.05) is 19.1 Å². The van der Waals surface area contributed by atoms with Gasteiger partial charge in [-0.3, -0.25) is 4.68 Å². The highest BCUT2D eigenvalue weighted by Gasteiger charge is 2.41. The van der Waals surface area contributed by atoms with Crippen molar-refractivity contribution in [3.63, 3.8) is 0 Å². The van der Waals surface area contributed by atoms with E-state index in [1.54, 1.807) is 0 Å². The molecule has 0 spiro atoms. The number of hydrogen-bond donors (Lipinski definition) is 1. The number of hydrogen-bond acceptors (Lipinski definition) is 4. The molecule has 0 amide bonds. The Labute approximate surface area is 115 Å². The Kier molecular flexibility index (Phi) is 3.58. The summed E-state index contributed by atoms with van der Waals surface area (Å²) >= 11 is 0. The van der Waals surface area contributed by atoms with Crippen molar-refractivity contribution in [2.24, 2.45) is 13.0 Å². The number of rotatable bonds is 4. The first-order chi connectivity index (χ1) is 9.20. The first-order valence-electron chi connectivity index (χ1n) is 7.50. The third-order valence-corrected chi connectivity index (χ3v) is 5.10. The van der Waals surface area contributed by atoms with Gasteiger partial charge in [0.05, 0.1) is 17.9 Å². The predicted molar refractivity (Wildman–Crippen MR) is 74.7 cm³/mol. The lowest BCUT2D eigenvalue weighted by Crippen LogP contribution is -2.44. The van der Waals surface area contributed by atoms with Gasteiger partial charge in [-0.05, 0) is 45.2 Å². The number of aryl methyl sites for hydroxylation is 1. The van der Waals surface area contributed by atoms with Gasteiger partial charge in [0.2, 0.25) is 0 Å². The molecule has 106 valence electrons. The van der Waals surface area contributed by atoms with Crippen molar-refractivity contribution in [1.29, 1.82) is 0 Å². The third-order valence-electron chi connectivity index (χ3n) is 5.10. The quantitative estimate of drug-likeness (QED) is 0.890. The van der Waals surface area contributed by atoms with Crippen LogP contribution in [0.15, 0.2) is 6.20 Å². The van der Waals surface area contributed by atoms with Crippen LogP contribution in [0.25, 0.3) is 0 Å². The minimum absolute atomic E-state index is 0.404. The first-order valence-corrected chi connectivity index (χ1v) is 7.50. The molecule has 5 heteroatoms. The molecule has 1 aromatic rings. The Morgan fingerprint density at radius 3 is 2.53 bits per heavy atom. The SMILES string of the molecule is CCNC(c1cnnn1C)C1CC2CCC(C1)N2C. The van der Waals surface area contributed by atoms with Gasteiger partial charge in [0.25, 0.3) is 0 Å². The van der Waals surface area contributed by atoms with Crippen LogP contribution in [0.1, 0.15) is 44.3 Å². The van der Waals surface area contributed by atoms with Gasteiger partial charge in [-0.2, -0.15) is 0 Å². The van der Waals surface area contributed by atoms with Crippen molar-refractivity contribution in [2.45, 2.75) is 50.7 Å². The molecule has 0 radical (unpaired) electrons.